The lowest BCUT2D eigenvalue weighted by Crippen LogP contribution is -2.17. The molecule has 1 heterocycles. The summed E-state index contributed by atoms with van der Waals surface area (Å²) < 4.78 is 29.6. The molecule has 0 N–H and O–H groups in total. The number of benzene rings is 2. The van der Waals surface area contributed by atoms with Crippen LogP contribution >= 0.6 is 11.3 Å². The molecule has 6 heteroatoms. The lowest BCUT2D eigenvalue weighted by Gasteiger charge is -2.04. The molecule has 3 nitrogen and oxygen atoms in total. The van der Waals surface area contributed by atoms with Gasteiger partial charge in [0.2, 0.25) is 0 Å². The van der Waals surface area contributed by atoms with Crippen molar-refractivity contribution in [3.8, 4) is 0 Å². The standard InChI is InChI=1S/C20H18F2N2OS/c1-4-7-24-19-16(22)10-15(21)11-17(19)26-20(24)23-18(25)9-14-6-5-12(2)8-13(14)3/h4-6,8,10-11H,1,7,9H2,2-3H3. The van der Waals surface area contributed by atoms with Crippen LogP contribution in [0.1, 0.15) is 16.7 Å². The van der Waals surface area contributed by atoms with Gasteiger partial charge in [0.1, 0.15) is 5.82 Å². The van der Waals surface area contributed by atoms with E-state index in [0.29, 0.717) is 9.50 Å². The zero-order valence-corrected chi connectivity index (χ0v) is 15.4. The first kappa shape index (κ1) is 18.2. The van der Waals surface area contributed by atoms with Crippen LogP contribution in [0, 0.1) is 25.5 Å². The first-order chi connectivity index (χ1) is 12.4. The van der Waals surface area contributed by atoms with Crippen molar-refractivity contribution < 1.29 is 13.6 Å². The highest BCUT2D eigenvalue weighted by molar-refractivity contribution is 7.16. The molecule has 0 fully saturated rings. The molecule has 26 heavy (non-hydrogen) atoms. The third kappa shape index (κ3) is 3.65. The fourth-order valence-electron chi connectivity index (χ4n) is 2.87. The summed E-state index contributed by atoms with van der Waals surface area (Å²) in [4.78, 5) is 16.9. The lowest BCUT2D eigenvalue weighted by atomic mass is 10.0. The van der Waals surface area contributed by atoms with Crippen LogP contribution < -0.4 is 4.80 Å². The Morgan fingerprint density at radius 2 is 2.04 bits per heavy atom. The molecule has 0 aliphatic heterocycles. The number of hydrogen-bond acceptors (Lipinski definition) is 2. The minimum Gasteiger partial charge on any atom is -0.310 e. The Morgan fingerprint density at radius 1 is 1.27 bits per heavy atom. The summed E-state index contributed by atoms with van der Waals surface area (Å²) in [6, 6.07) is 7.95. The van der Waals surface area contributed by atoms with Crippen LogP contribution in [-0.4, -0.2) is 10.5 Å². The molecule has 0 aliphatic rings. The number of aromatic nitrogens is 1. The summed E-state index contributed by atoms with van der Waals surface area (Å²) in [6.45, 7) is 7.88. The van der Waals surface area contributed by atoms with Crippen molar-refractivity contribution in [3.05, 3.63) is 76.1 Å². The quantitative estimate of drug-likeness (QED) is 0.623. The molecule has 0 unspecified atom stereocenters. The highest BCUT2D eigenvalue weighted by Gasteiger charge is 2.13. The normalized spacial score (nSPS) is 11.9. The summed E-state index contributed by atoms with van der Waals surface area (Å²) in [5.74, 6) is -1.67. The molecule has 0 bridgehead atoms. The molecule has 1 amide bonds. The number of nitrogens with zero attached hydrogens (tertiary/aromatic N) is 2. The fourth-order valence-corrected chi connectivity index (χ4v) is 3.96. The van der Waals surface area contributed by atoms with Gasteiger partial charge in [-0.2, -0.15) is 4.99 Å². The van der Waals surface area contributed by atoms with Crippen molar-refractivity contribution in [2.24, 2.45) is 4.99 Å². The average Bonchev–Trinajstić information content (AvgIpc) is 2.88. The number of fused-ring (bicyclic) bond motifs is 1. The van der Waals surface area contributed by atoms with Crippen LogP contribution in [0.5, 0.6) is 0 Å². The second-order valence-corrected chi connectivity index (χ2v) is 7.14. The lowest BCUT2D eigenvalue weighted by molar-refractivity contribution is -0.117. The van der Waals surface area contributed by atoms with E-state index in [4.69, 9.17) is 0 Å². The highest BCUT2D eigenvalue weighted by atomic mass is 32.1. The topological polar surface area (TPSA) is 34.4 Å². The molecule has 0 radical (unpaired) electrons. The Kier molecular flexibility index (Phi) is 5.13. The Bertz CT molecular complexity index is 1080. The van der Waals surface area contributed by atoms with E-state index in [2.05, 4.69) is 11.6 Å². The van der Waals surface area contributed by atoms with E-state index >= 15 is 0 Å². The van der Waals surface area contributed by atoms with Crippen molar-refractivity contribution in [2.45, 2.75) is 26.8 Å². The summed E-state index contributed by atoms with van der Waals surface area (Å²) >= 11 is 1.09. The molecule has 3 aromatic rings. The van der Waals surface area contributed by atoms with Crippen LogP contribution in [0.2, 0.25) is 0 Å². The van der Waals surface area contributed by atoms with Crippen molar-refractivity contribution in [2.75, 3.05) is 0 Å². The molecule has 3 rings (SSSR count). The van der Waals surface area contributed by atoms with Crippen molar-refractivity contribution in [1.82, 2.24) is 4.57 Å². The monoisotopic (exact) mass is 372 g/mol. The van der Waals surface area contributed by atoms with E-state index in [1.165, 1.54) is 6.07 Å². The Labute approximate surface area is 153 Å². The maximum atomic E-state index is 14.2. The van der Waals surface area contributed by atoms with Gasteiger partial charge in [-0.1, -0.05) is 41.2 Å². The molecule has 134 valence electrons. The van der Waals surface area contributed by atoms with Gasteiger partial charge in [-0.15, -0.1) is 6.58 Å². The summed E-state index contributed by atoms with van der Waals surface area (Å²) in [5, 5.41) is 0. The van der Waals surface area contributed by atoms with Crippen molar-refractivity contribution in [1.29, 1.82) is 0 Å². The summed E-state index contributed by atoms with van der Waals surface area (Å²) in [6.07, 6.45) is 1.74. The van der Waals surface area contributed by atoms with Gasteiger partial charge in [-0.3, -0.25) is 4.79 Å². The van der Waals surface area contributed by atoms with Gasteiger partial charge in [-0.05, 0) is 31.0 Å². The SMILES string of the molecule is C=CCn1c(=NC(=O)Cc2ccc(C)cc2C)sc2cc(F)cc(F)c21. The third-order valence-electron chi connectivity index (χ3n) is 4.07. The molecular formula is C20H18F2N2OS. The van der Waals surface area contributed by atoms with E-state index in [-0.39, 0.29) is 24.4 Å². The van der Waals surface area contributed by atoms with Gasteiger partial charge in [0.15, 0.2) is 10.6 Å². The predicted octanol–water partition coefficient (Wildman–Crippen LogP) is 4.45. The number of thiazole rings is 1. The smallest absolute Gasteiger partial charge is 0.252 e. The van der Waals surface area contributed by atoms with Gasteiger partial charge < -0.3 is 4.57 Å². The number of rotatable bonds is 4. The van der Waals surface area contributed by atoms with Crippen molar-refractivity contribution >= 4 is 27.5 Å². The van der Waals surface area contributed by atoms with Gasteiger partial charge in [0.25, 0.3) is 5.91 Å². The van der Waals surface area contributed by atoms with Gasteiger partial charge in [0, 0.05) is 12.6 Å². The molecular weight excluding hydrogens is 354 g/mol. The largest absolute Gasteiger partial charge is 0.310 e. The Hall–Kier alpha value is -2.60. The number of halogens is 2. The number of carbonyl (C=O) groups is 1. The fraction of sp³-hybridized carbons (Fsp3) is 0.200. The van der Waals surface area contributed by atoms with Crippen LogP contribution in [0.3, 0.4) is 0 Å². The first-order valence-electron chi connectivity index (χ1n) is 8.12. The van der Waals surface area contributed by atoms with Gasteiger partial charge in [-0.25, -0.2) is 8.78 Å². The molecule has 0 aliphatic carbocycles. The van der Waals surface area contributed by atoms with Crippen LogP contribution in [0.4, 0.5) is 8.78 Å². The molecule has 2 aromatic carbocycles. The third-order valence-corrected chi connectivity index (χ3v) is 5.09. The zero-order valence-electron chi connectivity index (χ0n) is 14.6. The first-order valence-corrected chi connectivity index (χ1v) is 8.93. The maximum absolute atomic E-state index is 14.2. The Morgan fingerprint density at radius 3 is 2.73 bits per heavy atom. The van der Waals surface area contributed by atoms with Gasteiger partial charge in [0.05, 0.1) is 16.6 Å². The van der Waals surface area contributed by atoms with E-state index in [1.54, 1.807) is 10.6 Å². The van der Waals surface area contributed by atoms with Crippen LogP contribution in [-0.2, 0) is 17.8 Å². The van der Waals surface area contributed by atoms with Crippen molar-refractivity contribution in [3.63, 3.8) is 0 Å². The zero-order chi connectivity index (χ0) is 18.8. The molecule has 1 aromatic heterocycles. The summed E-state index contributed by atoms with van der Waals surface area (Å²) in [7, 11) is 0. The average molecular weight is 372 g/mol. The van der Waals surface area contributed by atoms with Crippen LogP contribution in [0.15, 0.2) is 48.0 Å². The number of carbonyl (C=O) groups excluding carboxylic acids is 1. The van der Waals surface area contributed by atoms with E-state index in [1.807, 2.05) is 32.0 Å². The molecule has 0 spiro atoms. The molecule has 0 saturated carbocycles. The minimum atomic E-state index is -0.679. The number of amides is 1. The second-order valence-electron chi connectivity index (χ2n) is 6.13. The molecule has 0 saturated heterocycles. The number of aryl methyl sites for hydroxylation is 2. The van der Waals surface area contributed by atoms with E-state index < -0.39 is 11.6 Å². The maximum Gasteiger partial charge on any atom is 0.252 e. The molecule has 0 atom stereocenters. The van der Waals surface area contributed by atoms with Gasteiger partial charge >= 0.3 is 0 Å². The minimum absolute atomic E-state index is 0.158. The van der Waals surface area contributed by atoms with E-state index in [0.717, 1.165) is 34.1 Å². The highest BCUT2D eigenvalue weighted by Crippen LogP contribution is 2.22. The Balaban J connectivity index is 2.05. The van der Waals surface area contributed by atoms with Crippen LogP contribution in [0.25, 0.3) is 10.2 Å². The number of allylic oxidation sites excluding steroid dienone is 1. The predicted molar refractivity (Wildman–Crippen MR) is 100 cm³/mol. The second kappa shape index (κ2) is 7.33. The van der Waals surface area contributed by atoms with E-state index in [9.17, 15) is 13.6 Å². The number of hydrogen-bond donors (Lipinski definition) is 0. The summed E-state index contributed by atoms with van der Waals surface area (Å²) in [5.41, 5.74) is 3.28.